The predicted molar refractivity (Wildman–Crippen MR) is 46.8 cm³/mol. The number of hydrogen-bond donors (Lipinski definition) is 0. The van der Waals surface area contributed by atoms with Crippen LogP contribution in [0.25, 0.3) is 0 Å². The molecule has 0 aliphatic rings. The molecule has 0 aliphatic carbocycles. The third kappa shape index (κ3) is 2.37. The molecule has 0 bridgehead atoms. The highest BCUT2D eigenvalue weighted by Gasteiger charge is 1.99. The van der Waals surface area contributed by atoms with Crippen molar-refractivity contribution in [2.24, 2.45) is 0 Å². The molecule has 1 nitrogen and oxygen atoms in total. The lowest BCUT2D eigenvalue weighted by molar-refractivity contribution is 0.584. The Labute approximate surface area is 79.5 Å². The van der Waals surface area contributed by atoms with Crippen LogP contribution in [0.2, 0.25) is 5.02 Å². The van der Waals surface area contributed by atoms with E-state index in [1.165, 1.54) is 12.3 Å². The topological polar surface area (TPSA) is 12.9 Å². The van der Waals surface area contributed by atoms with Gasteiger partial charge < -0.3 is 0 Å². The smallest absolute Gasteiger partial charge is 0.226 e. The van der Waals surface area contributed by atoms with Crippen LogP contribution in [0, 0.1) is 17.8 Å². The summed E-state index contributed by atoms with van der Waals surface area (Å²) in [5.74, 6) is 4.82. The van der Waals surface area contributed by atoms with Crippen LogP contribution in [0.15, 0.2) is 12.3 Å². The summed E-state index contributed by atoms with van der Waals surface area (Å²) in [6, 6.07) is 1.41. The molecule has 0 N–H and O–H groups in total. The van der Waals surface area contributed by atoms with E-state index in [0.717, 1.165) is 0 Å². The summed E-state index contributed by atoms with van der Waals surface area (Å²) in [6.07, 6.45) is 1.31. The summed E-state index contributed by atoms with van der Waals surface area (Å²) in [7, 11) is 0. The maximum atomic E-state index is 12.5. The van der Waals surface area contributed by atoms with Crippen LogP contribution in [0.5, 0.6) is 0 Å². The summed E-state index contributed by atoms with van der Waals surface area (Å²) < 4.78 is 12.5. The molecule has 1 aromatic rings. The molecule has 0 radical (unpaired) electrons. The fraction of sp³-hybridized carbons (Fsp3) is 0.125. The summed E-state index contributed by atoms with van der Waals surface area (Å²) >= 11 is 10.8. The first-order chi connectivity index (χ1) is 5.74. The lowest BCUT2D eigenvalue weighted by Crippen LogP contribution is -1.85. The molecule has 0 saturated heterocycles. The number of rotatable bonds is 0. The van der Waals surface area contributed by atoms with Crippen molar-refractivity contribution in [3.63, 3.8) is 0 Å². The predicted octanol–water partition coefficient (Wildman–Crippen LogP) is 2.46. The molecule has 0 atom stereocenters. The second-order valence-electron chi connectivity index (χ2n) is 1.93. The SMILES string of the molecule is Fc1ncc(C#CCCl)cc1Cl. The molecular formula is C8H4Cl2FN. The second kappa shape index (κ2) is 4.30. The summed E-state index contributed by atoms with van der Waals surface area (Å²) in [6.45, 7) is 0. The number of hydrogen-bond acceptors (Lipinski definition) is 1. The van der Waals surface area contributed by atoms with Crippen molar-refractivity contribution in [2.45, 2.75) is 0 Å². The van der Waals surface area contributed by atoms with Gasteiger partial charge in [0.1, 0.15) is 0 Å². The molecule has 0 saturated carbocycles. The Morgan fingerprint density at radius 3 is 2.92 bits per heavy atom. The van der Waals surface area contributed by atoms with E-state index >= 15 is 0 Å². The first-order valence-corrected chi connectivity index (χ1v) is 4.01. The normalized spacial score (nSPS) is 8.92. The number of halogens is 3. The van der Waals surface area contributed by atoms with Crippen molar-refractivity contribution in [3.8, 4) is 11.8 Å². The van der Waals surface area contributed by atoms with Gasteiger partial charge >= 0.3 is 0 Å². The Morgan fingerprint density at radius 2 is 2.33 bits per heavy atom. The zero-order chi connectivity index (χ0) is 8.97. The average molecular weight is 204 g/mol. The van der Waals surface area contributed by atoms with Crippen molar-refractivity contribution < 1.29 is 4.39 Å². The number of nitrogens with zero attached hydrogens (tertiary/aromatic N) is 1. The monoisotopic (exact) mass is 203 g/mol. The molecule has 1 rings (SSSR count). The zero-order valence-electron chi connectivity index (χ0n) is 5.94. The van der Waals surface area contributed by atoms with Crippen LogP contribution in [-0.2, 0) is 0 Å². The molecule has 0 unspecified atom stereocenters. The minimum atomic E-state index is -0.687. The zero-order valence-corrected chi connectivity index (χ0v) is 7.45. The molecule has 1 heterocycles. The molecule has 0 spiro atoms. The van der Waals surface area contributed by atoms with E-state index in [0.29, 0.717) is 5.56 Å². The third-order valence-corrected chi connectivity index (χ3v) is 1.49. The molecule has 4 heteroatoms. The van der Waals surface area contributed by atoms with Gasteiger partial charge in [0, 0.05) is 11.8 Å². The Hall–Kier alpha value is -0.780. The molecule has 1 aromatic heterocycles. The molecule has 0 amide bonds. The Kier molecular flexibility index (Phi) is 3.33. The standard InChI is InChI=1S/C8H4Cl2FN/c9-3-1-2-6-4-7(10)8(11)12-5-6/h4-5H,3H2. The van der Waals surface area contributed by atoms with E-state index in [2.05, 4.69) is 16.8 Å². The van der Waals surface area contributed by atoms with Gasteiger partial charge in [0.15, 0.2) is 0 Å². The Morgan fingerprint density at radius 1 is 1.58 bits per heavy atom. The summed E-state index contributed by atoms with van der Waals surface area (Å²) in [5.41, 5.74) is 0.557. The number of alkyl halides is 1. The lowest BCUT2D eigenvalue weighted by Gasteiger charge is -1.92. The van der Waals surface area contributed by atoms with E-state index in [1.807, 2.05) is 0 Å². The maximum Gasteiger partial charge on any atom is 0.231 e. The van der Waals surface area contributed by atoms with Gasteiger partial charge in [0.25, 0.3) is 0 Å². The molecule has 0 aliphatic heterocycles. The van der Waals surface area contributed by atoms with E-state index < -0.39 is 5.95 Å². The minimum absolute atomic E-state index is 0.0311. The van der Waals surface area contributed by atoms with Gasteiger partial charge in [-0.25, -0.2) is 4.98 Å². The highest BCUT2D eigenvalue weighted by Crippen LogP contribution is 2.12. The molecule has 12 heavy (non-hydrogen) atoms. The van der Waals surface area contributed by atoms with Crippen LogP contribution < -0.4 is 0 Å². The quantitative estimate of drug-likeness (QED) is 0.359. The van der Waals surface area contributed by atoms with Crippen molar-refractivity contribution in [3.05, 3.63) is 28.8 Å². The van der Waals surface area contributed by atoms with Gasteiger partial charge in [0.05, 0.1) is 10.9 Å². The van der Waals surface area contributed by atoms with Gasteiger partial charge in [-0.15, -0.1) is 11.6 Å². The average Bonchev–Trinajstić information content (AvgIpc) is 2.07. The van der Waals surface area contributed by atoms with Crippen LogP contribution in [0.1, 0.15) is 5.56 Å². The first-order valence-electron chi connectivity index (χ1n) is 3.10. The van der Waals surface area contributed by atoms with E-state index in [1.54, 1.807) is 0 Å². The third-order valence-electron chi connectivity index (χ3n) is 1.10. The van der Waals surface area contributed by atoms with Gasteiger partial charge in [-0.1, -0.05) is 23.4 Å². The summed E-state index contributed by atoms with van der Waals surface area (Å²) in [5, 5.41) is -0.0311. The minimum Gasteiger partial charge on any atom is -0.226 e. The van der Waals surface area contributed by atoms with Gasteiger partial charge in [-0.05, 0) is 6.07 Å². The van der Waals surface area contributed by atoms with E-state index in [-0.39, 0.29) is 10.9 Å². The molecular weight excluding hydrogens is 200 g/mol. The van der Waals surface area contributed by atoms with Crippen molar-refractivity contribution in [2.75, 3.05) is 5.88 Å². The molecule has 62 valence electrons. The largest absolute Gasteiger partial charge is 0.231 e. The van der Waals surface area contributed by atoms with Crippen molar-refractivity contribution >= 4 is 23.2 Å². The van der Waals surface area contributed by atoms with Gasteiger partial charge in [-0.3, -0.25) is 0 Å². The fourth-order valence-corrected chi connectivity index (χ4v) is 0.858. The molecule has 0 aromatic carbocycles. The van der Waals surface area contributed by atoms with Crippen LogP contribution in [-0.4, -0.2) is 10.9 Å². The van der Waals surface area contributed by atoms with Gasteiger partial charge in [0.2, 0.25) is 5.95 Å². The van der Waals surface area contributed by atoms with Gasteiger partial charge in [-0.2, -0.15) is 4.39 Å². The van der Waals surface area contributed by atoms with Crippen LogP contribution in [0.4, 0.5) is 4.39 Å². The highest BCUT2D eigenvalue weighted by molar-refractivity contribution is 6.30. The summed E-state index contributed by atoms with van der Waals surface area (Å²) in [4.78, 5) is 3.39. The first kappa shape index (κ1) is 9.31. The Bertz CT molecular complexity index is 341. The lowest BCUT2D eigenvalue weighted by atomic mass is 10.3. The van der Waals surface area contributed by atoms with E-state index in [4.69, 9.17) is 23.2 Å². The number of pyridine rings is 1. The van der Waals surface area contributed by atoms with Crippen LogP contribution in [0.3, 0.4) is 0 Å². The maximum absolute atomic E-state index is 12.5. The van der Waals surface area contributed by atoms with Crippen molar-refractivity contribution in [1.29, 1.82) is 0 Å². The fourth-order valence-electron chi connectivity index (χ4n) is 0.625. The Balaban J connectivity index is 2.97. The van der Waals surface area contributed by atoms with Crippen molar-refractivity contribution in [1.82, 2.24) is 4.98 Å². The number of aromatic nitrogens is 1. The molecule has 0 fully saturated rings. The van der Waals surface area contributed by atoms with Crippen LogP contribution >= 0.6 is 23.2 Å². The highest BCUT2D eigenvalue weighted by atomic mass is 35.5. The van der Waals surface area contributed by atoms with E-state index in [9.17, 15) is 4.39 Å². The second-order valence-corrected chi connectivity index (χ2v) is 2.61.